The molecule has 0 saturated carbocycles. The lowest BCUT2D eigenvalue weighted by atomic mass is 10.0. The van der Waals surface area contributed by atoms with Crippen LogP contribution in [0.5, 0.6) is 11.6 Å². The van der Waals surface area contributed by atoms with Crippen molar-refractivity contribution in [3.63, 3.8) is 0 Å². The number of aryl methyl sites for hydroxylation is 4. The monoisotopic (exact) mass is 463 g/mol. The van der Waals surface area contributed by atoms with E-state index < -0.39 is 0 Å². The Bertz CT molecular complexity index is 1430. The summed E-state index contributed by atoms with van der Waals surface area (Å²) < 4.78 is 15.6. The molecule has 0 amide bonds. The van der Waals surface area contributed by atoms with E-state index in [1.54, 1.807) is 18.8 Å². The van der Waals surface area contributed by atoms with Gasteiger partial charge in [0.1, 0.15) is 18.1 Å². The predicted molar refractivity (Wildman–Crippen MR) is 125 cm³/mol. The Kier molecular flexibility index (Phi) is 6.17. The van der Waals surface area contributed by atoms with E-state index in [0.717, 1.165) is 22.3 Å². The van der Waals surface area contributed by atoms with Crippen molar-refractivity contribution in [2.24, 2.45) is 19.3 Å². The first-order chi connectivity index (χ1) is 16.3. The number of aromatic nitrogens is 6. The number of hydrogen-bond acceptors (Lipinski definition) is 8. The molecule has 4 aromatic rings. The van der Waals surface area contributed by atoms with Gasteiger partial charge in [-0.3, -0.25) is 0 Å². The van der Waals surface area contributed by atoms with Gasteiger partial charge < -0.3 is 14.7 Å². The van der Waals surface area contributed by atoms with Crippen LogP contribution in [0.15, 0.2) is 46.3 Å². The summed E-state index contributed by atoms with van der Waals surface area (Å²) in [6.45, 7) is 4.13. The van der Waals surface area contributed by atoms with Gasteiger partial charge in [0, 0.05) is 25.2 Å². The first kappa shape index (κ1) is 22.8. The molecule has 2 aromatic carbocycles. The molecule has 11 heteroatoms. The fourth-order valence-electron chi connectivity index (χ4n) is 3.80. The van der Waals surface area contributed by atoms with Crippen molar-refractivity contribution < 1.29 is 14.7 Å². The average molecular weight is 463 g/mol. The highest BCUT2D eigenvalue weighted by molar-refractivity contribution is 5.91. The number of benzene rings is 2. The summed E-state index contributed by atoms with van der Waals surface area (Å²) in [6, 6.07) is 11.3. The highest BCUT2D eigenvalue weighted by atomic mass is 16.5. The van der Waals surface area contributed by atoms with Gasteiger partial charge in [-0.1, -0.05) is 17.3 Å². The maximum atomic E-state index is 12.4. The zero-order valence-electron chi connectivity index (χ0n) is 19.6. The summed E-state index contributed by atoms with van der Waals surface area (Å²) in [5.41, 5.74) is 5.00. The second-order valence-corrected chi connectivity index (χ2v) is 7.78. The minimum absolute atomic E-state index is 0.241. The highest BCUT2D eigenvalue weighted by Gasteiger charge is 2.19. The molecular weight excluding hydrogens is 438 g/mol. The number of ether oxygens (including phenoxy) is 2. The molecule has 2 heterocycles. The van der Waals surface area contributed by atoms with Gasteiger partial charge in [-0.2, -0.15) is 14.5 Å². The number of nitrogens with zero attached hydrogens (tertiary/aromatic N) is 7. The van der Waals surface area contributed by atoms with Crippen molar-refractivity contribution in [3.05, 3.63) is 69.1 Å². The molecule has 0 aliphatic heterocycles. The van der Waals surface area contributed by atoms with Crippen LogP contribution >= 0.6 is 0 Å². The van der Waals surface area contributed by atoms with E-state index in [0.29, 0.717) is 28.6 Å². The number of tetrazole rings is 1. The fraction of sp³-hybridized carbons (Fsp3) is 0.261. The average Bonchev–Trinajstić information content (AvgIpc) is 3.32. The van der Waals surface area contributed by atoms with Crippen molar-refractivity contribution in [2.45, 2.75) is 20.5 Å². The minimum Gasteiger partial charge on any atom is -0.489 e. The van der Waals surface area contributed by atoms with Crippen LogP contribution in [-0.4, -0.2) is 48.1 Å². The first-order valence-electron chi connectivity index (χ1n) is 10.5. The second-order valence-electron chi connectivity index (χ2n) is 7.78. The largest absolute Gasteiger partial charge is 0.489 e. The molecule has 0 aliphatic carbocycles. The first-order valence-corrected chi connectivity index (χ1v) is 10.5. The van der Waals surface area contributed by atoms with Crippen LogP contribution in [0.3, 0.4) is 0 Å². The summed E-state index contributed by atoms with van der Waals surface area (Å²) in [4.78, 5) is 12.4. The van der Waals surface area contributed by atoms with E-state index in [2.05, 4.69) is 20.7 Å². The van der Waals surface area contributed by atoms with Crippen LogP contribution in [0.25, 0.3) is 16.9 Å². The van der Waals surface area contributed by atoms with E-state index in [1.807, 2.05) is 50.2 Å². The fourth-order valence-corrected chi connectivity index (χ4v) is 3.80. The maximum Gasteiger partial charge on any atom is 0.368 e. The van der Waals surface area contributed by atoms with E-state index >= 15 is 0 Å². The molecule has 0 aliphatic rings. The van der Waals surface area contributed by atoms with Gasteiger partial charge in [0.25, 0.3) is 0 Å². The van der Waals surface area contributed by atoms with Crippen LogP contribution in [0.4, 0.5) is 0 Å². The SMILES string of the molecule is COc1c(/C=N\O)c(-c2ccc(OCc3c(C)cccc3-n3nnn(C)c3=O)c(C)c2)nn1C. The highest BCUT2D eigenvalue weighted by Crippen LogP contribution is 2.32. The van der Waals surface area contributed by atoms with Crippen molar-refractivity contribution in [1.82, 2.24) is 29.6 Å². The van der Waals surface area contributed by atoms with E-state index in [4.69, 9.17) is 14.7 Å². The van der Waals surface area contributed by atoms with Crippen molar-refractivity contribution in [3.8, 4) is 28.6 Å². The molecule has 0 radical (unpaired) electrons. The summed E-state index contributed by atoms with van der Waals surface area (Å²) >= 11 is 0. The Morgan fingerprint density at radius 2 is 1.88 bits per heavy atom. The Balaban J connectivity index is 1.64. The van der Waals surface area contributed by atoms with Crippen molar-refractivity contribution in [2.75, 3.05) is 7.11 Å². The normalized spacial score (nSPS) is 11.3. The molecular formula is C23H25N7O4. The van der Waals surface area contributed by atoms with Crippen LogP contribution in [0.2, 0.25) is 0 Å². The molecule has 0 bridgehead atoms. The second kappa shape index (κ2) is 9.22. The minimum atomic E-state index is -0.333. The third-order valence-electron chi connectivity index (χ3n) is 5.57. The van der Waals surface area contributed by atoms with Crippen LogP contribution in [0.1, 0.15) is 22.3 Å². The third-order valence-corrected chi connectivity index (χ3v) is 5.57. The van der Waals surface area contributed by atoms with Gasteiger partial charge in [0.15, 0.2) is 0 Å². The van der Waals surface area contributed by atoms with Crippen LogP contribution in [0, 0.1) is 13.8 Å². The molecule has 0 fully saturated rings. The molecule has 0 atom stereocenters. The molecule has 11 nitrogen and oxygen atoms in total. The molecule has 4 rings (SSSR count). The predicted octanol–water partition coefficient (Wildman–Crippen LogP) is 2.38. The van der Waals surface area contributed by atoms with Crippen molar-refractivity contribution in [1.29, 1.82) is 0 Å². The zero-order valence-corrected chi connectivity index (χ0v) is 19.6. The van der Waals surface area contributed by atoms with Crippen LogP contribution in [-0.2, 0) is 20.7 Å². The quantitative estimate of drug-likeness (QED) is 0.254. The molecule has 34 heavy (non-hydrogen) atoms. The van der Waals surface area contributed by atoms with Gasteiger partial charge in [-0.25, -0.2) is 9.48 Å². The van der Waals surface area contributed by atoms with Gasteiger partial charge in [0.05, 0.1) is 24.6 Å². The molecule has 0 spiro atoms. The topological polar surface area (TPSA) is 122 Å². The maximum absolute atomic E-state index is 12.4. The molecule has 2 aromatic heterocycles. The molecule has 1 N–H and O–H groups in total. The van der Waals surface area contributed by atoms with Gasteiger partial charge in [-0.15, -0.1) is 0 Å². The summed E-state index contributed by atoms with van der Waals surface area (Å²) in [7, 11) is 4.84. The molecule has 0 unspecified atom stereocenters. The Morgan fingerprint density at radius 3 is 2.53 bits per heavy atom. The summed E-state index contributed by atoms with van der Waals surface area (Å²) in [5.74, 6) is 1.17. The Hall–Kier alpha value is -4.41. The lowest BCUT2D eigenvalue weighted by Crippen LogP contribution is -2.23. The molecule has 0 saturated heterocycles. The number of hydrogen-bond donors (Lipinski definition) is 1. The summed E-state index contributed by atoms with van der Waals surface area (Å²) in [5, 5.41) is 24.5. The van der Waals surface area contributed by atoms with Gasteiger partial charge in [0.2, 0.25) is 5.88 Å². The van der Waals surface area contributed by atoms with E-state index in [9.17, 15) is 4.79 Å². The summed E-state index contributed by atoms with van der Waals surface area (Å²) in [6.07, 6.45) is 1.30. The zero-order chi connectivity index (χ0) is 24.4. The van der Waals surface area contributed by atoms with E-state index in [1.165, 1.54) is 22.7 Å². The lowest BCUT2D eigenvalue weighted by molar-refractivity contribution is 0.302. The number of rotatable bonds is 7. The standard InChI is InChI=1S/C23H25N7O4/c1-14-7-6-8-19(30-23(31)29(4)26-27-30)18(14)13-34-20-10-9-16(11-15(20)2)21-17(12-24-32)22(33-5)28(3)25-21/h6-12,32H,13H2,1-5H3/b24-12-. The van der Waals surface area contributed by atoms with Crippen LogP contribution < -0.4 is 15.2 Å². The van der Waals surface area contributed by atoms with Crippen molar-refractivity contribution >= 4 is 6.21 Å². The smallest absolute Gasteiger partial charge is 0.368 e. The number of oxime groups is 1. The lowest BCUT2D eigenvalue weighted by Gasteiger charge is -2.14. The Labute approximate surface area is 195 Å². The van der Waals surface area contributed by atoms with Gasteiger partial charge in [-0.05, 0) is 59.7 Å². The van der Waals surface area contributed by atoms with Gasteiger partial charge >= 0.3 is 5.69 Å². The van der Waals surface area contributed by atoms with E-state index in [-0.39, 0.29) is 12.3 Å². The molecule has 176 valence electrons. The third kappa shape index (κ3) is 4.03. The number of methoxy groups -OCH3 is 1. The Morgan fingerprint density at radius 1 is 1.09 bits per heavy atom.